The molecule has 0 aromatic heterocycles. The van der Waals surface area contributed by atoms with Crippen LogP contribution in [0.1, 0.15) is 25.7 Å². The fourth-order valence-corrected chi connectivity index (χ4v) is 5.63. The molecular weight excluding hydrogens is 366 g/mol. The molecule has 1 saturated carbocycles. The average molecular weight is 391 g/mol. The lowest BCUT2D eigenvalue weighted by Crippen LogP contribution is -2.37. The molecule has 3 unspecified atom stereocenters. The molecule has 1 aromatic rings. The predicted octanol–water partition coefficient (Wildman–Crippen LogP) is 1.16. The van der Waals surface area contributed by atoms with Crippen LogP contribution in [0.5, 0.6) is 0 Å². The largest absolute Gasteiger partial charge is 0.372 e. The highest BCUT2D eigenvalue weighted by Crippen LogP contribution is 2.40. The molecule has 2 aliphatic heterocycles. The smallest absolute Gasteiger partial charge is 0.228 e. The van der Waals surface area contributed by atoms with E-state index in [4.69, 9.17) is 0 Å². The van der Waals surface area contributed by atoms with Gasteiger partial charge in [-0.05, 0) is 49.9 Å². The SMILES string of the molecule is O=C(Nc1ccc(N2CCCC2)cc1)C1CC1C(=O)NC1CCS(=O)(=O)C1. The number of amides is 2. The first kappa shape index (κ1) is 18.3. The van der Waals surface area contributed by atoms with Crippen LogP contribution in [0.25, 0.3) is 0 Å². The summed E-state index contributed by atoms with van der Waals surface area (Å²) in [5.74, 6) is -0.908. The Balaban J connectivity index is 1.26. The molecule has 1 aliphatic carbocycles. The first-order valence-corrected chi connectivity index (χ1v) is 11.4. The number of hydrogen-bond donors (Lipinski definition) is 2. The molecule has 3 aliphatic rings. The van der Waals surface area contributed by atoms with Crippen LogP contribution in [0, 0.1) is 11.8 Å². The standard InChI is InChI=1S/C19H25N3O4S/c23-18(20-13-3-5-15(6-4-13)22-8-1-2-9-22)16-11-17(16)19(24)21-14-7-10-27(25,26)12-14/h3-6,14,16-17H,1-2,7-12H2,(H,20,23)(H,21,24). The number of hydrogen-bond acceptors (Lipinski definition) is 5. The molecule has 0 spiro atoms. The van der Waals surface area contributed by atoms with Crippen LogP contribution in [0.2, 0.25) is 0 Å². The molecule has 8 heteroatoms. The number of carbonyl (C=O) groups excluding carboxylic acids is 2. The molecule has 2 N–H and O–H groups in total. The van der Waals surface area contributed by atoms with E-state index in [1.807, 2.05) is 24.3 Å². The Kier molecular flexibility index (Phi) is 4.84. The normalized spacial score (nSPS) is 28.7. The Morgan fingerprint density at radius 2 is 1.67 bits per heavy atom. The molecule has 2 saturated heterocycles. The molecule has 3 fully saturated rings. The molecular formula is C19H25N3O4S. The van der Waals surface area contributed by atoms with Gasteiger partial charge in [0.1, 0.15) is 0 Å². The summed E-state index contributed by atoms with van der Waals surface area (Å²) in [7, 11) is -3.02. The van der Waals surface area contributed by atoms with Gasteiger partial charge < -0.3 is 15.5 Å². The quantitative estimate of drug-likeness (QED) is 0.785. The lowest BCUT2D eigenvalue weighted by atomic mass is 10.2. The molecule has 7 nitrogen and oxygen atoms in total. The van der Waals surface area contributed by atoms with Crippen LogP contribution in [0.4, 0.5) is 11.4 Å². The van der Waals surface area contributed by atoms with E-state index >= 15 is 0 Å². The zero-order valence-electron chi connectivity index (χ0n) is 15.2. The van der Waals surface area contributed by atoms with Crippen molar-refractivity contribution in [3.63, 3.8) is 0 Å². The first-order chi connectivity index (χ1) is 12.9. The fourth-order valence-electron chi connectivity index (χ4n) is 3.96. The van der Waals surface area contributed by atoms with Gasteiger partial charge in [-0.1, -0.05) is 0 Å². The van der Waals surface area contributed by atoms with Gasteiger partial charge in [0.2, 0.25) is 11.8 Å². The second-order valence-electron chi connectivity index (χ2n) is 7.79. The third-order valence-corrected chi connectivity index (χ3v) is 7.42. The van der Waals surface area contributed by atoms with Gasteiger partial charge in [-0.15, -0.1) is 0 Å². The summed E-state index contributed by atoms with van der Waals surface area (Å²) in [6.07, 6.45) is 3.41. The number of nitrogens with zero attached hydrogens (tertiary/aromatic N) is 1. The zero-order chi connectivity index (χ0) is 19.0. The van der Waals surface area contributed by atoms with Crippen molar-refractivity contribution in [1.29, 1.82) is 0 Å². The van der Waals surface area contributed by atoms with E-state index in [-0.39, 0.29) is 41.2 Å². The van der Waals surface area contributed by atoms with Gasteiger partial charge >= 0.3 is 0 Å². The van der Waals surface area contributed by atoms with E-state index in [0.29, 0.717) is 12.8 Å². The highest BCUT2D eigenvalue weighted by atomic mass is 32.2. The van der Waals surface area contributed by atoms with Gasteiger partial charge in [-0.2, -0.15) is 0 Å². The van der Waals surface area contributed by atoms with Crippen molar-refractivity contribution in [1.82, 2.24) is 5.32 Å². The molecule has 2 heterocycles. The Labute approximate surface area is 159 Å². The predicted molar refractivity (Wildman–Crippen MR) is 103 cm³/mol. The van der Waals surface area contributed by atoms with E-state index in [1.54, 1.807) is 0 Å². The van der Waals surface area contributed by atoms with Crippen LogP contribution >= 0.6 is 0 Å². The molecule has 0 radical (unpaired) electrons. The average Bonchev–Trinajstić information content (AvgIpc) is 3.11. The summed E-state index contributed by atoms with van der Waals surface area (Å²) in [5.41, 5.74) is 1.90. The summed E-state index contributed by atoms with van der Waals surface area (Å²) in [4.78, 5) is 26.9. The first-order valence-electron chi connectivity index (χ1n) is 9.58. The van der Waals surface area contributed by atoms with Gasteiger partial charge in [-0.25, -0.2) is 8.42 Å². The third-order valence-electron chi connectivity index (χ3n) is 5.65. The summed E-state index contributed by atoms with van der Waals surface area (Å²) in [6.45, 7) is 2.15. The number of benzene rings is 1. The van der Waals surface area contributed by atoms with Crippen molar-refractivity contribution >= 4 is 33.0 Å². The van der Waals surface area contributed by atoms with E-state index in [0.717, 1.165) is 18.8 Å². The summed E-state index contributed by atoms with van der Waals surface area (Å²) < 4.78 is 22.9. The Bertz CT molecular complexity index is 831. The number of sulfone groups is 1. The molecule has 2 amide bonds. The van der Waals surface area contributed by atoms with Gasteiger partial charge in [0.15, 0.2) is 9.84 Å². The highest BCUT2D eigenvalue weighted by Gasteiger charge is 2.48. The van der Waals surface area contributed by atoms with E-state index < -0.39 is 9.84 Å². The van der Waals surface area contributed by atoms with Crippen molar-refractivity contribution in [2.75, 3.05) is 34.8 Å². The fraction of sp³-hybridized carbons (Fsp3) is 0.579. The Morgan fingerprint density at radius 1 is 1.00 bits per heavy atom. The number of carbonyl (C=O) groups is 2. The van der Waals surface area contributed by atoms with E-state index in [2.05, 4.69) is 15.5 Å². The molecule has 1 aromatic carbocycles. The lowest BCUT2D eigenvalue weighted by molar-refractivity contribution is -0.125. The maximum atomic E-state index is 12.4. The monoisotopic (exact) mass is 391 g/mol. The van der Waals surface area contributed by atoms with Crippen molar-refractivity contribution in [2.24, 2.45) is 11.8 Å². The minimum atomic E-state index is -3.02. The minimum absolute atomic E-state index is 0.00564. The van der Waals surface area contributed by atoms with Crippen LogP contribution in [-0.4, -0.2) is 50.9 Å². The summed E-state index contributed by atoms with van der Waals surface area (Å²) in [6, 6.07) is 7.50. The number of rotatable bonds is 5. The zero-order valence-corrected chi connectivity index (χ0v) is 16.0. The molecule has 4 rings (SSSR count). The number of anilines is 2. The van der Waals surface area contributed by atoms with E-state index in [9.17, 15) is 18.0 Å². The topological polar surface area (TPSA) is 95.6 Å². The van der Waals surface area contributed by atoms with Gasteiger partial charge in [0.25, 0.3) is 0 Å². The summed E-state index contributed by atoms with van der Waals surface area (Å²) >= 11 is 0. The Morgan fingerprint density at radius 3 is 2.30 bits per heavy atom. The van der Waals surface area contributed by atoms with Crippen LogP contribution in [0.15, 0.2) is 24.3 Å². The van der Waals surface area contributed by atoms with Gasteiger partial charge in [0, 0.05) is 30.5 Å². The van der Waals surface area contributed by atoms with Crippen LogP contribution in [-0.2, 0) is 19.4 Å². The number of nitrogens with one attached hydrogen (secondary N) is 2. The van der Waals surface area contributed by atoms with Gasteiger partial charge in [-0.3, -0.25) is 9.59 Å². The van der Waals surface area contributed by atoms with Gasteiger partial charge in [0.05, 0.1) is 23.3 Å². The van der Waals surface area contributed by atoms with E-state index in [1.165, 1.54) is 18.5 Å². The molecule has 3 atom stereocenters. The second-order valence-corrected chi connectivity index (χ2v) is 10.0. The molecule has 27 heavy (non-hydrogen) atoms. The second kappa shape index (κ2) is 7.14. The Hall–Kier alpha value is -2.09. The summed E-state index contributed by atoms with van der Waals surface area (Å²) in [5, 5.41) is 5.66. The molecule has 146 valence electrons. The highest BCUT2D eigenvalue weighted by molar-refractivity contribution is 7.91. The van der Waals surface area contributed by atoms with Crippen LogP contribution in [0.3, 0.4) is 0 Å². The molecule has 0 bridgehead atoms. The van der Waals surface area contributed by atoms with Crippen LogP contribution < -0.4 is 15.5 Å². The minimum Gasteiger partial charge on any atom is -0.372 e. The van der Waals surface area contributed by atoms with Crippen molar-refractivity contribution in [3.8, 4) is 0 Å². The maximum absolute atomic E-state index is 12.4. The lowest BCUT2D eigenvalue weighted by Gasteiger charge is -2.17. The maximum Gasteiger partial charge on any atom is 0.228 e. The van der Waals surface area contributed by atoms with Crippen molar-refractivity contribution < 1.29 is 18.0 Å². The van der Waals surface area contributed by atoms with Crippen molar-refractivity contribution in [2.45, 2.75) is 31.7 Å². The van der Waals surface area contributed by atoms with Crippen molar-refractivity contribution in [3.05, 3.63) is 24.3 Å². The third kappa shape index (κ3) is 4.26.